The lowest BCUT2D eigenvalue weighted by Gasteiger charge is -2.04. The van der Waals surface area contributed by atoms with Crippen molar-refractivity contribution < 1.29 is 9.84 Å². The number of methoxy groups -OCH3 is 1. The molecule has 0 spiro atoms. The minimum Gasteiger partial charge on any atom is -0.391 e. The predicted molar refractivity (Wildman–Crippen MR) is 96.4 cm³/mol. The molecule has 0 saturated carbocycles. The molecule has 0 unspecified atom stereocenters. The Balaban J connectivity index is 1.84. The number of benzene rings is 1. The topological polar surface area (TPSA) is 67.3 Å². The third-order valence-corrected chi connectivity index (χ3v) is 4.48. The summed E-state index contributed by atoms with van der Waals surface area (Å²) in [7, 11) is 1.68. The van der Waals surface area contributed by atoms with E-state index in [4.69, 9.17) is 4.74 Å². The number of ether oxygens (including phenoxy) is 1. The number of hydrogen-bond acceptors (Lipinski definition) is 6. The first-order chi connectivity index (χ1) is 11.7. The van der Waals surface area contributed by atoms with Gasteiger partial charge >= 0.3 is 0 Å². The fraction of sp³-hybridized carbons (Fsp3) is 0.222. The molecule has 0 amide bonds. The van der Waals surface area contributed by atoms with Gasteiger partial charge in [-0.05, 0) is 36.8 Å². The zero-order chi connectivity index (χ0) is 16.9. The molecule has 0 fully saturated rings. The van der Waals surface area contributed by atoms with Crippen molar-refractivity contribution in [3.05, 3.63) is 58.7 Å². The average molecular weight is 341 g/mol. The van der Waals surface area contributed by atoms with Crippen LogP contribution in [0.1, 0.15) is 16.1 Å². The number of anilines is 2. The molecule has 6 heteroatoms. The number of nitrogens with one attached hydrogen (secondary N) is 1. The lowest BCUT2D eigenvalue weighted by molar-refractivity contribution is 0.185. The first-order valence-corrected chi connectivity index (χ1v) is 8.39. The smallest absolute Gasteiger partial charge is 0.188 e. The quantitative estimate of drug-likeness (QED) is 0.712. The van der Waals surface area contributed by atoms with Gasteiger partial charge in [0.2, 0.25) is 0 Å². The maximum Gasteiger partial charge on any atom is 0.188 e. The van der Waals surface area contributed by atoms with E-state index in [-0.39, 0.29) is 6.61 Å². The molecule has 1 aromatic carbocycles. The summed E-state index contributed by atoms with van der Waals surface area (Å²) in [6, 6.07) is 11.9. The minimum absolute atomic E-state index is 0.0389. The molecular formula is C18H19N3O2S. The summed E-state index contributed by atoms with van der Waals surface area (Å²) in [5.74, 6) is 0. The van der Waals surface area contributed by atoms with Gasteiger partial charge in [-0.1, -0.05) is 23.5 Å². The molecule has 0 aliphatic heterocycles. The molecule has 3 aromatic rings. The van der Waals surface area contributed by atoms with Gasteiger partial charge < -0.3 is 15.2 Å². The Hall–Kier alpha value is -2.28. The number of aliphatic hydroxyl groups is 1. The first-order valence-electron chi connectivity index (χ1n) is 7.58. The number of pyridine rings is 1. The van der Waals surface area contributed by atoms with Gasteiger partial charge in [0, 0.05) is 30.3 Å². The number of hydrogen-bond donors (Lipinski definition) is 2. The molecule has 0 aliphatic carbocycles. The van der Waals surface area contributed by atoms with E-state index < -0.39 is 0 Å². The molecule has 2 heterocycles. The number of aromatic nitrogens is 2. The van der Waals surface area contributed by atoms with Crippen LogP contribution in [0.5, 0.6) is 0 Å². The normalized spacial score (nSPS) is 10.8. The van der Waals surface area contributed by atoms with Crippen LogP contribution in [0.2, 0.25) is 0 Å². The molecule has 0 aliphatic rings. The predicted octanol–water partition coefficient (Wildman–Crippen LogP) is 3.90. The average Bonchev–Trinajstić information content (AvgIpc) is 3.00. The van der Waals surface area contributed by atoms with Gasteiger partial charge in [-0.2, -0.15) is 0 Å². The number of thiazole rings is 1. The van der Waals surface area contributed by atoms with E-state index >= 15 is 0 Å². The van der Waals surface area contributed by atoms with Gasteiger partial charge in [0.1, 0.15) is 0 Å². The molecule has 5 nitrogen and oxygen atoms in total. The summed E-state index contributed by atoms with van der Waals surface area (Å²) in [5, 5.41) is 13.7. The molecule has 124 valence electrons. The van der Waals surface area contributed by atoms with E-state index in [1.54, 1.807) is 13.3 Å². The summed E-state index contributed by atoms with van der Waals surface area (Å²) in [6.45, 7) is 2.50. The summed E-state index contributed by atoms with van der Waals surface area (Å²) in [5.41, 5.74) is 4.75. The summed E-state index contributed by atoms with van der Waals surface area (Å²) < 4.78 is 5.11. The van der Waals surface area contributed by atoms with E-state index in [1.165, 1.54) is 11.3 Å². The molecule has 0 saturated heterocycles. The highest BCUT2D eigenvalue weighted by atomic mass is 32.1. The summed E-state index contributed by atoms with van der Waals surface area (Å²) in [6.07, 6.45) is 1.76. The minimum atomic E-state index is -0.0389. The van der Waals surface area contributed by atoms with Crippen LogP contribution < -0.4 is 5.32 Å². The molecule has 0 radical (unpaired) electrons. The lowest BCUT2D eigenvalue weighted by Crippen LogP contribution is -1.92. The van der Waals surface area contributed by atoms with Crippen LogP contribution in [0, 0.1) is 6.92 Å². The molecule has 0 bridgehead atoms. The highest BCUT2D eigenvalue weighted by Crippen LogP contribution is 2.32. The van der Waals surface area contributed by atoms with Crippen LogP contribution >= 0.6 is 11.3 Å². The zero-order valence-corrected chi connectivity index (χ0v) is 14.4. The van der Waals surface area contributed by atoms with Crippen molar-refractivity contribution in [2.45, 2.75) is 20.1 Å². The Morgan fingerprint density at radius 3 is 2.67 bits per heavy atom. The summed E-state index contributed by atoms with van der Waals surface area (Å²) >= 11 is 1.45. The molecule has 24 heavy (non-hydrogen) atoms. The molecule has 3 rings (SSSR count). The Morgan fingerprint density at radius 1 is 1.21 bits per heavy atom. The maximum absolute atomic E-state index is 9.64. The van der Waals surface area contributed by atoms with Crippen molar-refractivity contribution in [3.8, 4) is 11.3 Å². The van der Waals surface area contributed by atoms with Crippen LogP contribution in [0.3, 0.4) is 0 Å². The highest BCUT2D eigenvalue weighted by molar-refractivity contribution is 7.16. The highest BCUT2D eigenvalue weighted by Gasteiger charge is 2.13. The van der Waals surface area contributed by atoms with Gasteiger partial charge in [0.15, 0.2) is 5.13 Å². The molecular weight excluding hydrogens is 322 g/mol. The first kappa shape index (κ1) is 16.6. The fourth-order valence-electron chi connectivity index (χ4n) is 2.41. The fourth-order valence-corrected chi connectivity index (χ4v) is 3.27. The van der Waals surface area contributed by atoms with Gasteiger partial charge in [-0.15, -0.1) is 0 Å². The van der Waals surface area contributed by atoms with Gasteiger partial charge in [-0.3, -0.25) is 4.98 Å². The Morgan fingerprint density at radius 2 is 2.00 bits per heavy atom. The van der Waals surface area contributed by atoms with Crippen molar-refractivity contribution >= 4 is 22.2 Å². The standard InChI is InChI=1S/C18H19N3O2S/c1-12-9-14(7-8-19-12)17-16(10-22)24-18(21-17)20-15-5-3-13(4-6-15)11-23-2/h3-9,22H,10-11H2,1-2H3,(H,20,21). The SMILES string of the molecule is COCc1ccc(Nc2nc(-c3ccnc(C)c3)c(CO)s2)cc1. The van der Waals surface area contributed by atoms with E-state index in [0.717, 1.165) is 38.2 Å². The van der Waals surface area contributed by atoms with E-state index in [0.29, 0.717) is 6.61 Å². The van der Waals surface area contributed by atoms with Gasteiger partial charge in [0.25, 0.3) is 0 Å². The number of rotatable bonds is 6. The van der Waals surface area contributed by atoms with Crippen LogP contribution in [-0.2, 0) is 18.0 Å². The van der Waals surface area contributed by atoms with Gasteiger partial charge in [-0.25, -0.2) is 4.98 Å². The second-order valence-electron chi connectivity index (χ2n) is 5.39. The Kier molecular flexibility index (Phi) is 5.20. The van der Waals surface area contributed by atoms with Crippen LogP contribution in [0.4, 0.5) is 10.8 Å². The lowest BCUT2D eigenvalue weighted by atomic mass is 10.1. The van der Waals surface area contributed by atoms with Crippen molar-refractivity contribution in [1.82, 2.24) is 9.97 Å². The van der Waals surface area contributed by atoms with Crippen molar-refractivity contribution in [2.24, 2.45) is 0 Å². The molecule has 2 N–H and O–H groups in total. The van der Waals surface area contributed by atoms with Crippen molar-refractivity contribution in [2.75, 3.05) is 12.4 Å². The summed E-state index contributed by atoms with van der Waals surface area (Å²) in [4.78, 5) is 9.68. The number of nitrogens with zero attached hydrogens (tertiary/aromatic N) is 2. The van der Waals surface area contributed by atoms with Crippen LogP contribution in [-0.4, -0.2) is 22.2 Å². The van der Waals surface area contributed by atoms with Crippen LogP contribution in [0.15, 0.2) is 42.6 Å². The molecule has 0 atom stereocenters. The second-order valence-corrected chi connectivity index (χ2v) is 6.47. The van der Waals surface area contributed by atoms with Crippen LogP contribution in [0.25, 0.3) is 11.3 Å². The largest absolute Gasteiger partial charge is 0.391 e. The monoisotopic (exact) mass is 341 g/mol. The second kappa shape index (κ2) is 7.53. The van der Waals surface area contributed by atoms with Crippen molar-refractivity contribution in [3.63, 3.8) is 0 Å². The zero-order valence-electron chi connectivity index (χ0n) is 13.6. The van der Waals surface area contributed by atoms with Gasteiger partial charge in [0.05, 0.1) is 23.8 Å². The van der Waals surface area contributed by atoms with Crippen molar-refractivity contribution in [1.29, 1.82) is 0 Å². The Labute approximate surface area is 145 Å². The van der Waals surface area contributed by atoms with E-state index in [2.05, 4.69) is 15.3 Å². The van der Waals surface area contributed by atoms with E-state index in [9.17, 15) is 5.11 Å². The number of aryl methyl sites for hydroxylation is 1. The van der Waals surface area contributed by atoms with E-state index in [1.807, 2.05) is 43.3 Å². The third-order valence-electron chi connectivity index (χ3n) is 3.53. The number of aliphatic hydroxyl groups excluding tert-OH is 1. The maximum atomic E-state index is 9.64. The third kappa shape index (κ3) is 3.79. The Bertz CT molecular complexity index is 815. The molecule has 2 aromatic heterocycles.